The van der Waals surface area contributed by atoms with E-state index in [9.17, 15) is 0 Å². The molecule has 0 radical (unpaired) electrons. The highest BCUT2D eigenvalue weighted by molar-refractivity contribution is 6.23. The van der Waals surface area contributed by atoms with Gasteiger partial charge in [-0.2, -0.15) is 0 Å². The second-order valence-corrected chi connectivity index (χ2v) is 13.3. The van der Waals surface area contributed by atoms with Crippen molar-refractivity contribution in [1.82, 2.24) is 9.13 Å². The van der Waals surface area contributed by atoms with Crippen LogP contribution in [-0.2, 0) is 0 Å². The SMILES string of the molecule is c1ccc(-n2c3ccccc3c3c4ccc(-c5ccc6c(ccc7c6c6ccccc6n7-c6cccc7ccccc67)c5)cc4ccc32)cc1. The topological polar surface area (TPSA) is 9.86 Å². The summed E-state index contributed by atoms with van der Waals surface area (Å²) in [6.07, 6.45) is 0. The predicted molar refractivity (Wildman–Crippen MR) is 213 cm³/mol. The van der Waals surface area contributed by atoms with Crippen molar-refractivity contribution in [2.75, 3.05) is 0 Å². The molecule has 2 heterocycles. The van der Waals surface area contributed by atoms with Gasteiger partial charge in [0.2, 0.25) is 0 Å². The zero-order valence-electron chi connectivity index (χ0n) is 27.2. The Morgan fingerprint density at radius 3 is 1.46 bits per heavy atom. The number of aromatic nitrogens is 2. The second-order valence-electron chi connectivity index (χ2n) is 13.3. The molecular formula is C48H30N2. The van der Waals surface area contributed by atoms with Crippen LogP contribution in [0.1, 0.15) is 0 Å². The first-order chi connectivity index (χ1) is 24.8. The lowest BCUT2D eigenvalue weighted by molar-refractivity contribution is 1.18. The zero-order chi connectivity index (χ0) is 32.8. The van der Waals surface area contributed by atoms with E-state index in [2.05, 4.69) is 191 Å². The Morgan fingerprint density at radius 1 is 0.280 bits per heavy atom. The molecule has 0 spiro atoms. The van der Waals surface area contributed by atoms with Crippen LogP contribution in [-0.4, -0.2) is 9.13 Å². The molecule has 11 rings (SSSR count). The molecule has 0 fully saturated rings. The smallest absolute Gasteiger partial charge is 0.0547 e. The fraction of sp³-hybridized carbons (Fsp3) is 0. The third kappa shape index (κ3) is 3.85. The molecule has 50 heavy (non-hydrogen) atoms. The molecule has 11 aromatic rings. The van der Waals surface area contributed by atoms with Gasteiger partial charge in [0.1, 0.15) is 0 Å². The van der Waals surface area contributed by atoms with Crippen LogP contribution in [0, 0.1) is 0 Å². The van der Waals surface area contributed by atoms with E-state index in [0.29, 0.717) is 0 Å². The Morgan fingerprint density at radius 2 is 0.800 bits per heavy atom. The number of benzene rings is 9. The van der Waals surface area contributed by atoms with Crippen molar-refractivity contribution in [2.45, 2.75) is 0 Å². The molecule has 0 atom stereocenters. The fourth-order valence-corrected chi connectivity index (χ4v) is 8.47. The molecule has 9 aromatic carbocycles. The maximum atomic E-state index is 2.44. The average Bonchev–Trinajstić information content (AvgIpc) is 3.71. The van der Waals surface area contributed by atoms with Gasteiger partial charge in [0, 0.05) is 32.6 Å². The minimum Gasteiger partial charge on any atom is -0.309 e. The van der Waals surface area contributed by atoms with Crippen molar-refractivity contribution in [3.63, 3.8) is 0 Å². The van der Waals surface area contributed by atoms with Crippen molar-refractivity contribution >= 4 is 75.9 Å². The lowest BCUT2D eigenvalue weighted by atomic mass is 9.95. The van der Waals surface area contributed by atoms with Crippen LogP contribution in [0.3, 0.4) is 0 Å². The van der Waals surface area contributed by atoms with E-state index in [1.165, 1.54) is 98.4 Å². The maximum Gasteiger partial charge on any atom is 0.0547 e. The standard InChI is InChI=1S/C48H30N2/c1-2-13-36(14-3-1)49-43-18-8-6-16-40(43)47-38-25-21-32(29-34(38)23-27-45(47)49)33-22-26-39-35(30-33)24-28-46-48(39)41-17-7-9-19-44(41)50(46)42-20-10-12-31-11-4-5-15-37(31)42/h1-30H. The molecule has 2 nitrogen and oxygen atoms in total. The van der Waals surface area contributed by atoms with Crippen molar-refractivity contribution in [3.8, 4) is 22.5 Å². The summed E-state index contributed by atoms with van der Waals surface area (Å²) in [5.41, 5.74) is 9.76. The molecule has 0 saturated heterocycles. The second kappa shape index (κ2) is 10.4. The summed E-state index contributed by atoms with van der Waals surface area (Å²) < 4.78 is 4.83. The van der Waals surface area contributed by atoms with E-state index in [1.54, 1.807) is 0 Å². The lowest BCUT2D eigenvalue weighted by Gasteiger charge is -2.12. The Hall–Kier alpha value is -6.64. The quantitative estimate of drug-likeness (QED) is 0.183. The maximum absolute atomic E-state index is 2.44. The highest BCUT2D eigenvalue weighted by Crippen LogP contribution is 2.41. The number of para-hydroxylation sites is 3. The summed E-state index contributed by atoms with van der Waals surface area (Å²) in [5.74, 6) is 0. The first-order valence-electron chi connectivity index (χ1n) is 17.3. The first kappa shape index (κ1) is 27.3. The molecule has 0 bridgehead atoms. The van der Waals surface area contributed by atoms with E-state index in [1.807, 2.05) is 0 Å². The van der Waals surface area contributed by atoms with Gasteiger partial charge in [0.05, 0.1) is 27.8 Å². The summed E-state index contributed by atoms with van der Waals surface area (Å²) in [7, 11) is 0. The van der Waals surface area contributed by atoms with Crippen molar-refractivity contribution < 1.29 is 0 Å². The predicted octanol–water partition coefficient (Wildman–Crippen LogP) is 13.0. The molecule has 0 aliphatic heterocycles. The molecule has 0 aliphatic rings. The number of hydrogen-bond acceptors (Lipinski definition) is 0. The van der Waals surface area contributed by atoms with Crippen LogP contribution in [0.5, 0.6) is 0 Å². The zero-order valence-corrected chi connectivity index (χ0v) is 27.2. The van der Waals surface area contributed by atoms with Crippen LogP contribution in [0.4, 0.5) is 0 Å². The van der Waals surface area contributed by atoms with Crippen LogP contribution < -0.4 is 0 Å². The highest BCUT2D eigenvalue weighted by Gasteiger charge is 2.18. The van der Waals surface area contributed by atoms with Crippen molar-refractivity contribution in [1.29, 1.82) is 0 Å². The highest BCUT2D eigenvalue weighted by atomic mass is 15.0. The largest absolute Gasteiger partial charge is 0.309 e. The van der Waals surface area contributed by atoms with E-state index in [4.69, 9.17) is 0 Å². The molecular weight excluding hydrogens is 605 g/mol. The van der Waals surface area contributed by atoms with Crippen molar-refractivity contribution in [2.24, 2.45) is 0 Å². The van der Waals surface area contributed by atoms with E-state index in [0.717, 1.165) is 0 Å². The summed E-state index contributed by atoms with van der Waals surface area (Å²) >= 11 is 0. The first-order valence-corrected chi connectivity index (χ1v) is 17.3. The van der Waals surface area contributed by atoms with Gasteiger partial charge in [0.15, 0.2) is 0 Å². The van der Waals surface area contributed by atoms with Gasteiger partial charge in [-0.05, 0) is 92.7 Å². The van der Waals surface area contributed by atoms with Crippen LogP contribution in [0.2, 0.25) is 0 Å². The number of fused-ring (bicyclic) bond motifs is 11. The minimum atomic E-state index is 1.18. The minimum absolute atomic E-state index is 1.18. The molecule has 0 amide bonds. The lowest BCUT2D eigenvalue weighted by Crippen LogP contribution is -1.95. The van der Waals surface area contributed by atoms with Gasteiger partial charge in [-0.15, -0.1) is 0 Å². The number of nitrogens with zero attached hydrogens (tertiary/aromatic N) is 2. The Balaban J connectivity index is 1.09. The van der Waals surface area contributed by atoms with Gasteiger partial charge in [-0.25, -0.2) is 0 Å². The monoisotopic (exact) mass is 634 g/mol. The van der Waals surface area contributed by atoms with E-state index in [-0.39, 0.29) is 0 Å². The molecule has 2 heteroatoms. The third-order valence-electron chi connectivity index (χ3n) is 10.7. The van der Waals surface area contributed by atoms with E-state index < -0.39 is 0 Å². The van der Waals surface area contributed by atoms with Gasteiger partial charge in [-0.1, -0.05) is 127 Å². The molecule has 2 aromatic heterocycles. The third-order valence-corrected chi connectivity index (χ3v) is 10.7. The molecule has 0 unspecified atom stereocenters. The summed E-state index contributed by atoms with van der Waals surface area (Å²) in [6.45, 7) is 0. The number of hydrogen-bond donors (Lipinski definition) is 0. The average molecular weight is 635 g/mol. The summed E-state index contributed by atoms with van der Waals surface area (Å²) in [5, 5.41) is 12.7. The van der Waals surface area contributed by atoms with Crippen LogP contribution in [0.25, 0.3) is 98.4 Å². The summed E-state index contributed by atoms with van der Waals surface area (Å²) in [4.78, 5) is 0. The van der Waals surface area contributed by atoms with Crippen LogP contribution in [0.15, 0.2) is 182 Å². The molecule has 0 aliphatic carbocycles. The Bertz CT molecular complexity index is 3140. The van der Waals surface area contributed by atoms with Gasteiger partial charge in [-0.3, -0.25) is 0 Å². The normalized spacial score (nSPS) is 12.0. The van der Waals surface area contributed by atoms with Crippen molar-refractivity contribution in [3.05, 3.63) is 182 Å². The Labute approximate surface area is 288 Å². The number of rotatable bonds is 3. The molecule has 232 valence electrons. The van der Waals surface area contributed by atoms with Gasteiger partial charge < -0.3 is 9.13 Å². The van der Waals surface area contributed by atoms with Gasteiger partial charge in [0.25, 0.3) is 0 Å². The molecule has 0 N–H and O–H groups in total. The summed E-state index contributed by atoms with van der Waals surface area (Å²) in [6, 6.07) is 66.7. The van der Waals surface area contributed by atoms with E-state index >= 15 is 0 Å². The molecule has 0 saturated carbocycles. The Kier molecular flexibility index (Phi) is 5.70. The van der Waals surface area contributed by atoms with Crippen LogP contribution >= 0.6 is 0 Å². The fourth-order valence-electron chi connectivity index (χ4n) is 8.47. The van der Waals surface area contributed by atoms with Gasteiger partial charge >= 0.3 is 0 Å².